The van der Waals surface area contributed by atoms with E-state index in [2.05, 4.69) is 26.2 Å². The summed E-state index contributed by atoms with van der Waals surface area (Å²) in [4.78, 5) is 0. The van der Waals surface area contributed by atoms with E-state index in [0.29, 0.717) is 0 Å². The van der Waals surface area contributed by atoms with Crippen molar-refractivity contribution < 1.29 is 0 Å². The minimum Gasteiger partial charge on any atom is -0.128 e. The van der Waals surface area contributed by atoms with E-state index >= 15 is 0 Å². The average molecular weight is 108 g/mol. The van der Waals surface area contributed by atoms with Gasteiger partial charge in [0.1, 0.15) is 0 Å². The first-order chi connectivity index (χ1) is 3.68. The van der Waals surface area contributed by atoms with E-state index in [1.165, 1.54) is 11.1 Å². The molecule has 0 saturated heterocycles. The van der Waals surface area contributed by atoms with Crippen LogP contribution in [0.3, 0.4) is 0 Å². The molecule has 0 aliphatic heterocycles. The minimum atomic E-state index is 1.25. The first-order valence-corrected chi connectivity index (χ1v) is 2.68. The molecule has 0 aromatic carbocycles. The molecule has 0 unspecified atom stereocenters. The highest BCUT2D eigenvalue weighted by Crippen LogP contribution is 2.00. The Balaban J connectivity index is 4.22. The molecule has 0 rings (SSSR count). The van der Waals surface area contributed by atoms with Gasteiger partial charge in [-0.1, -0.05) is 12.2 Å². The second-order valence-electron chi connectivity index (χ2n) is 2.03. The van der Waals surface area contributed by atoms with Crippen LogP contribution in [0.25, 0.3) is 0 Å². The lowest BCUT2D eigenvalue weighted by molar-refractivity contribution is 1.29. The van der Waals surface area contributed by atoms with Crippen LogP contribution in [0.1, 0.15) is 20.8 Å². The van der Waals surface area contributed by atoms with Crippen LogP contribution < -0.4 is 0 Å². The number of allylic oxidation sites excluding steroid dienone is 3. The third kappa shape index (κ3) is 2.44. The maximum absolute atomic E-state index is 3.47. The molecule has 0 saturated carbocycles. The summed E-state index contributed by atoms with van der Waals surface area (Å²) in [5.74, 6) is 0. The summed E-state index contributed by atoms with van der Waals surface area (Å²) in [5, 5.41) is 0. The Bertz CT molecular complexity index is 139. The molecule has 8 heavy (non-hydrogen) atoms. The molecule has 0 fully saturated rings. The first-order valence-electron chi connectivity index (χ1n) is 2.68. The van der Waals surface area contributed by atoms with Gasteiger partial charge in [-0.25, -0.2) is 0 Å². The van der Waals surface area contributed by atoms with Crippen molar-refractivity contribution in [1.82, 2.24) is 0 Å². The zero-order valence-corrected chi connectivity index (χ0v) is 5.78. The maximum Gasteiger partial charge on any atom is -0.0177 e. The predicted octanol–water partition coefficient (Wildman–Crippen LogP) is 2.68. The van der Waals surface area contributed by atoms with E-state index < -0.39 is 0 Å². The van der Waals surface area contributed by atoms with Gasteiger partial charge < -0.3 is 0 Å². The fraction of sp³-hybridized carbons (Fsp3) is 0.375. The molecule has 0 nitrogen and oxygen atoms in total. The summed E-state index contributed by atoms with van der Waals surface area (Å²) in [6.07, 6.45) is 1.88. The normalized spacial score (nSPS) is 7.38. The average Bonchev–Trinajstić information content (AvgIpc) is 1.67. The van der Waals surface area contributed by atoms with Gasteiger partial charge in [-0.2, -0.15) is 0 Å². The molecule has 0 atom stereocenters. The first kappa shape index (κ1) is 7.26. The number of hydrogen-bond acceptors (Lipinski definition) is 0. The van der Waals surface area contributed by atoms with Gasteiger partial charge in [0.15, 0.2) is 0 Å². The number of rotatable bonds is 1. The summed E-state index contributed by atoms with van der Waals surface area (Å²) in [5.41, 5.74) is 5.29. The molecule has 0 N–H and O–H groups in total. The molecular weight excluding hydrogens is 96.1 g/mol. The van der Waals surface area contributed by atoms with Crippen molar-refractivity contribution in [3.05, 3.63) is 29.5 Å². The van der Waals surface area contributed by atoms with Crippen LogP contribution in [0.2, 0.25) is 0 Å². The lowest BCUT2D eigenvalue weighted by Gasteiger charge is -1.90. The smallest absolute Gasteiger partial charge is 0.0177 e. The lowest BCUT2D eigenvalue weighted by atomic mass is 10.2. The third-order valence-electron chi connectivity index (χ3n) is 1.11. The second-order valence-corrected chi connectivity index (χ2v) is 2.03. The molecule has 0 bridgehead atoms. The quantitative estimate of drug-likeness (QED) is 0.358. The van der Waals surface area contributed by atoms with Crippen molar-refractivity contribution in [1.29, 1.82) is 0 Å². The van der Waals surface area contributed by atoms with E-state index in [9.17, 15) is 0 Å². The predicted molar refractivity (Wildman–Crippen MR) is 37.8 cm³/mol. The van der Waals surface area contributed by atoms with Gasteiger partial charge in [-0.15, -0.1) is 5.73 Å². The SMILES string of the molecule is C=C=CC(C)=C(C)C. The van der Waals surface area contributed by atoms with Crippen LogP contribution in [-0.4, -0.2) is 0 Å². The summed E-state index contributed by atoms with van der Waals surface area (Å²) < 4.78 is 0. The number of hydrogen-bond donors (Lipinski definition) is 0. The van der Waals surface area contributed by atoms with Crippen molar-refractivity contribution in [2.24, 2.45) is 0 Å². The molecule has 0 aromatic rings. The molecule has 0 spiro atoms. The molecule has 0 heteroatoms. The van der Waals surface area contributed by atoms with Crippen LogP contribution in [0.15, 0.2) is 29.5 Å². The molecule has 0 aliphatic carbocycles. The zero-order chi connectivity index (χ0) is 6.57. The molecule has 0 aliphatic rings. The van der Waals surface area contributed by atoms with Gasteiger partial charge in [-0.05, 0) is 32.4 Å². The Morgan fingerprint density at radius 1 is 1.38 bits per heavy atom. The van der Waals surface area contributed by atoms with E-state index in [0.717, 1.165) is 0 Å². The van der Waals surface area contributed by atoms with Crippen molar-refractivity contribution >= 4 is 0 Å². The van der Waals surface area contributed by atoms with Crippen molar-refractivity contribution in [2.75, 3.05) is 0 Å². The van der Waals surface area contributed by atoms with Crippen LogP contribution >= 0.6 is 0 Å². The standard InChI is InChI=1S/C8H12/c1-5-6-8(4)7(2)3/h6H,1H2,2-4H3. The second kappa shape index (κ2) is 3.29. The Morgan fingerprint density at radius 2 is 1.88 bits per heavy atom. The van der Waals surface area contributed by atoms with Crippen molar-refractivity contribution in [3.63, 3.8) is 0 Å². The molecule has 0 heterocycles. The van der Waals surface area contributed by atoms with Gasteiger partial charge in [-0.3, -0.25) is 0 Å². The Morgan fingerprint density at radius 3 is 2.00 bits per heavy atom. The van der Waals surface area contributed by atoms with Gasteiger partial charge in [0.2, 0.25) is 0 Å². The summed E-state index contributed by atoms with van der Waals surface area (Å²) in [7, 11) is 0. The third-order valence-corrected chi connectivity index (χ3v) is 1.11. The fourth-order valence-corrected chi connectivity index (χ4v) is 0.297. The monoisotopic (exact) mass is 108 g/mol. The highest BCUT2D eigenvalue weighted by Gasteiger charge is 1.80. The summed E-state index contributed by atoms with van der Waals surface area (Å²) in [6, 6.07) is 0. The van der Waals surface area contributed by atoms with Gasteiger partial charge in [0, 0.05) is 0 Å². The van der Waals surface area contributed by atoms with E-state index in [4.69, 9.17) is 0 Å². The minimum absolute atomic E-state index is 1.25. The van der Waals surface area contributed by atoms with Crippen LogP contribution in [0.4, 0.5) is 0 Å². The Kier molecular flexibility index (Phi) is 2.98. The molecule has 0 amide bonds. The molecule has 0 aromatic heterocycles. The van der Waals surface area contributed by atoms with Crippen molar-refractivity contribution in [2.45, 2.75) is 20.8 Å². The van der Waals surface area contributed by atoms with Crippen LogP contribution in [0, 0.1) is 0 Å². The topological polar surface area (TPSA) is 0 Å². The fourth-order valence-electron chi connectivity index (χ4n) is 0.297. The Labute approximate surface area is 51.2 Å². The largest absolute Gasteiger partial charge is 0.128 e. The van der Waals surface area contributed by atoms with Crippen LogP contribution in [0.5, 0.6) is 0 Å². The van der Waals surface area contributed by atoms with Crippen molar-refractivity contribution in [3.8, 4) is 0 Å². The van der Waals surface area contributed by atoms with Gasteiger partial charge in [0.05, 0.1) is 0 Å². The molecule has 44 valence electrons. The highest BCUT2D eigenvalue weighted by molar-refractivity contribution is 5.19. The zero-order valence-electron chi connectivity index (χ0n) is 5.78. The summed E-state index contributed by atoms with van der Waals surface area (Å²) in [6.45, 7) is 9.66. The summed E-state index contributed by atoms with van der Waals surface area (Å²) >= 11 is 0. The van der Waals surface area contributed by atoms with E-state index in [-0.39, 0.29) is 0 Å². The van der Waals surface area contributed by atoms with Gasteiger partial charge in [0.25, 0.3) is 0 Å². The van der Waals surface area contributed by atoms with Crippen LogP contribution in [-0.2, 0) is 0 Å². The van der Waals surface area contributed by atoms with E-state index in [1.807, 2.05) is 13.0 Å². The Hall–Kier alpha value is -0.740. The molecule has 0 radical (unpaired) electrons. The maximum atomic E-state index is 3.47. The van der Waals surface area contributed by atoms with Gasteiger partial charge >= 0.3 is 0 Å². The lowest BCUT2D eigenvalue weighted by Crippen LogP contribution is -1.69. The van der Waals surface area contributed by atoms with E-state index in [1.54, 1.807) is 0 Å². The highest BCUT2D eigenvalue weighted by atomic mass is 13.9. The molecular formula is C8H12.